The Bertz CT molecular complexity index is 352. The van der Waals surface area contributed by atoms with Crippen LogP contribution in [0, 0.1) is 0 Å². The summed E-state index contributed by atoms with van der Waals surface area (Å²) in [6, 6.07) is -0.233. The van der Waals surface area contributed by atoms with E-state index in [9.17, 15) is 18.3 Å². The van der Waals surface area contributed by atoms with Gasteiger partial charge in [-0.05, 0) is 12.8 Å². The number of likely N-dealkylation sites (N-methyl/N-ethyl adjacent to an activating group) is 1. The molecular weight excluding hydrogens is 230 g/mol. The Morgan fingerprint density at radius 2 is 1.94 bits per heavy atom. The fourth-order valence-corrected chi connectivity index (χ4v) is 2.71. The number of nitrogens with zero attached hydrogens (tertiary/aromatic N) is 1. The van der Waals surface area contributed by atoms with Crippen LogP contribution in [0.15, 0.2) is 0 Å². The zero-order chi connectivity index (χ0) is 12.3. The zero-order valence-corrected chi connectivity index (χ0v) is 10.5. The summed E-state index contributed by atoms with van der Waals surface area (Å²) in [6.07, 6.45) is 3.87. The molecule has 0 spiro atoms. The second-order valence-corrected chi connectivity index (χ2v) is 6.63. The Hall–Kier alpha value is -0.620. The molecule has 94 valence electrons. The molecule has 1 saturated carbocycles. The molecule has 2 atom stereocenters. The highest BCUT2D eigenvalue weighted by Gasteiger charge is 2.30. The first-order chi connectivity index (χ1) is 7.31. The van der Waals surface area contributed by atoms with Gasteiger partial charge in [0, 0.05) is 13.3 Å². The molecule has 2 unspecified atom stereocenters. The van der Waals surface area contributed by atoms with Gasteiger partial charge in [0.2, 0.25) is 5.91 Å². The topological polar surface area (TPSA) is 74.7 Å². The van der Waals surface area contributed by atoms with Crippen molar-refractivity contribution in [3.63, 3.8) is 0 Å². The summed E-state index contributed by atoms with van der Waals surface area (Å²) in [5.41, 5.74) is 0. The molecule has 1 fully saturated rings. The molecule has 1 aliphatic rings. The normalized spacial score (nSPS) is 26.4. The van der Waals surface area contributed by atoms with Crippen molar-refractivity contribution >= 4 is 15.7 Å². The van der Waals surface area contributed by atoms with Gasteiger partial charge in [0.15, 0.2) is 9.84 Å². The molecular formula is C10H19NO4S. The van der Waals surface area contributed by atoms with Crippen molar-refractivity contribution < 1.29 is 18.3 Å². The lowest BCUT2D eigenvalue weighted by molar-refractivity contribution is -0.132. The van der Waals surface area contributed by atoms with Crippen LogP contribution in [0.1, 0.15) is 25.7 Å². The predicted molar refractivity (Wildman–Crippen MR) is 60.7 cm³/mol. The van der Waals surface area contributed by atoms with E-state index in [2.05, 4.69) is 0 Å². The SMILES string of the molecule is CN(C(=O)CS(C)(=O)=O)C1CCCCC1O. The average molecular weight is 249 g/mol. The summed E-state index contributed by atoms with van der Waals surface area (Å²) in [5, 5.41) is 9.74. The van der Waals surface area contributed by atoms with Crippen LogP contribution in [0.3, 0.4) is 0 Å². The summed E-state index contributed by atoms with van der Waals surface area (Å²) in [6.45, 7) is 0. The van der Waals surface area contributed by atoms with E-state index < -0.39 is 27.6 Å². The van der Waals surface area contributed by atoms with E-state index in [-0.39, 0.29) is 6.04 Å². The third kappa shape index (κ3) is 3.75. The van der Waals surface area contributed by atoms with Crippen LogP contribution in [-0.2, 0) is 14.6 Å². The van der Waals surface area contributed by atoms with Crippen LogP contribution >= 0.6 is 0 Å². The van der Waals surface area contributed by atoms with Crippen molar-refractivity contribution in [1.82, 2.24) is 4.90 Å². The fraction of sp³-hybridized carbons (Fsp3) is 0.900. The Morgan fingerprint density at radius 3 is 2.44 bits per heavy atom. The van der Waals surface area contributed by atoms with Gasteiger partial charge in [-0.25, -0.2) is 8.42 Å². The maximum Gasteiger partial charge on any atom is 0.237 e. The number of aliphatic hydroxyl groups is 1. The lowest BCUT2D eigenvalue weighted by atomic mass is 9.91. The zero-order valence-electron chi connectivity index (χ0n) is 9.72. The minimum absolute atomic E-state index is 0.233. The lowest BCUT2D eigenvalue weighted by Gasteiger charge is -2.35. The summed E-state index contributed by atoms with van der Waals surface area (Å²) < 4.78 is 22.0. The molecule has 0 radical (unpaired) electrons. The van der Waals surface area contributed by atoms with E-state index in [0.29, 0.717) is 6.42 Å². The number of hydrogen-bond acceptors (Lipinski definition) is 4. The van der Waals surface area contributed by atoms with Crippen molar-refractivity contribution in [3.8, 4) is 0 Å². The van der Waals surface area contributed by atoms with Gasteiger partial charge in [0.25, 0.3) is 0 Å². The van der Waals surface area contributed by atoms with Crippen LogP contribution in [0.5, 0.6) is 0 Å². The Labute approximate surface area is 96.4 Å². The van der Waals surface area contributed by atoms with Gasteiger partial charge in [-0.15, -0.1) is 0 Å². The molecule has 6 heteroatoms. The van der Waals surface area contributed by atoms with E-state index in [0.717, 1.165) is 25.5 Å². The van der Waals surface area contributed by atoms with Crippen LogP contribution in [0.25, 0.3) is 0 Å². The van der Waals surface area contributed by atoms with Gasteiger partial charge >= 0.3 is 0 Å². The summed E-state index contributed by atoms with van der Waals surface area (Å²) >= 11 is 0. The second kappa shape index (κ2) is 5.14. The highest BCUT2D eigenvalue weighted by atomic mass is 32.2. The van der Waals surface area contributed by atoms with Crippen LogP contribution in [0.4, 0.5) is 0 Å². The van der Waals surface area contributed by atoms with E-state index >= 15 is 0 Å². The second-order valence-electron chi connectivity index (χ2n) is 4.49. The van der Waals surface area contributed by atoms with Crippen molar-refractivity contribution in [3.05, 3.63) is 0 Å². The number of hydrogen-bond donors (Lipinski definition) is 1. The average Bonchev–Trinajstić information content (AvgIpc) is 2.15. The third-order valence-corrected chi connectivity index (χ3v) is 3.74. The smallest absolute Gasteiger partial charge is 0.237 e. The molecule has 0 heterocycles. The highest BCUT2D eigenvalue weighted by Crippen LogP contribution is 2.22. The maximum absolute atomic E-state index is 11.6. The first kappa shape index (κ1) is 13.4. The first-order valence-corrected chi connectivity index (χ1v) is 7.49. The van der Waals surface area contributed by atoms with Crippen molar-refractivity contribution in [2.24, 2.45) is 0 Å². The van der Waals surface area contributed by atoms with Gasteiger partial charge in [-0.1, -0.05) is 12.8 Å². The van der Waals surface area contributed by atoms with E-state index in [4.69, 9.17) is 0 Å². The monoisotopic (exact) mass is 249 g/mol. The Kier molecular flexibility index (Phi) is 4.32. The molecule has 1 aliphatic carbocycles. The predicted octanol–water partition coefficient (Wildman–Crippen LogP) is -0.207. The van der Waals surface area contributed by atoms with E-state index in [1.54, 1.807) is 7.05 Å². The minimum Gasteiger partial charge on any atom is -0.391 e. The van der Waals surface area contributed by atoms with E-state index in [1.165, 1.54) is 4.90 Å². The molecule has 0 aromatic heterocycles. The maximum atomic E-state index is 11.6. The van der Waals surface area contributed by atoms with Crippen LogP contribution in [-0.4, -0.2) is 55.5 Å². The summed E-state index contributed by atoms with van der Waals surface area (Å²) in [7, 11) is -1.74. The molecule has 0 aliphatic heterocycles. The lowest BCUT2D eigenvalue weighted by Crippen LogP contribution is -2.47. The molecule has 1 amide bonds. The van der Waals surface area contributed by atoms with Gasteiger partial charge in [-0.3, -0.25) is 4.79 Å². The van der Waals surface area contributed by atoms with Crippen molar-refractivity contribution in [2.45, 2.75) is 37.8 Å². The fourth-order valence-electron chi connectivity index (χ4n) is 2.05. The quantitative estimate of drug-likeness (QED) is 0.751. The van der Waals surface area contributed by atoms with Crippen LogP contribution < -0.4 is 0 Å². The molecule has 16 heavy (non-hydrogen) atoms. The molecule has 0 aromatic rings. The Balaban J connectivity index is 2.62. The summed E-state index contributed by atoms with van der Waals surface area (Å²) in [5.74, 6) is -0.916. The first-order valence-electron chi connectivity index (χ1n) is 5.42. The summed E-state index contributed by atoms with van der Waals surface area (Å²) in [4.78, 5) is 13.0. The largest absolute Gasteiger partial charge is 0.391 e. The van der Waals surface area contributed by atoms with Crippen molar-refractivity contribution in [1.29, 1.82) is 0 Å². The van der Waals surface area contributed by atoms with Gasteiger partial charge in [0.05, 0.1) is 12.1 Å². The number of amides is 1. The number of carbonyl (C=O) groups excluding carboxylic acids is 1. The number of rotatable bonds is 3. The third-order valence-electron chi connectivity index (χ3n) is 2.97. The van der Waals surface area contributed by atoms with Gasteiger partial charge < -0.3 is 10.0 Å². The number of carbonyl (C=O) groups is 1. The van der Waals surface area contributed by atoms with Crippen molar-refractivity contribution in [2.75, 3.05) is 19.1 Å². The Morgan fingerprint density at radius 1 is 1.38 bits per heavy atom. The van der Waals surface area contributed by atoms with Crippen LogP contribution in [0.2, 0.25) is 0 Å². The van der Waals surface area contributed by atoms with Gasteiger partial charge in [0.1, 0.15) is 5.75 Å². The minimum atomic E-state index is -3.30. The molecule has 0 aromatic carbocycles. The standard InChI is InChI=1S/C10H19NO4S/c1-11(10(13)7-16(2,14)15)8-5-3-4-6-9(8)12/h8-9,12H,3-7H2,1-2H3. The molecule has 1 rings (SSSR count). The van der Waals surface area contributed by atoms with Gasteiger partial charge in [-0.2, -0.15) is 0 Å². The van der Waals surface area contributed by atoms with E-state index in [1.807, 2.05) is 0 Å². The molecule has 0 bridgehead atoms. The molecule has 0 saturated heterocycles. The molecule has 5 nitrogen and oxygen atoms in total. The molecule has 1 N–H and O–H groups in total. The highest BCUT2D eigenvalue weighted by molar-refractivity contribution is 7.91. The number of aliphatic hydroxyl groups excluding tert-OH is 1. The number of sulfone groups is 1.